The fraction of sp³-hybridized carbons (Fsp3) is 0.280. The molecule has 4 heteroatoms. The van der Waals surface area contributed by atoms with Gasteiger partial charge >= 0.3 is 0 Å². The largest absolute Gasteiger partial charge is 0.341 e. The molecule has 0 saturated carbocycles. The smallest absolute Gasteiger partial charge is 0.242 e. The van der Waals surface area contributed by atoms with Gasteiger partial charge in [-0.3, -0.25) is 9.59 Å². The second kappa shape index (κ2) is 8.91. The standard InChI is InChI=1S/C25H26N2O2/c28-24(26-16-13-21(14-17-26)18-20-8-3-1-4-9-20)19-27-15-7-12-23(27)25(29)22-10-5-2-6-11-22/h1-12,15,21H,13-14,16-19H2. The van der Waals surface area contributed by atoms with Crippen LogP contribution in [0, 0.1) is 5.92 Å². The van der Waals surface area contributed by atoms with Crippen molar-refractivity contribution >= 4 is 11.7 Å². The van der Waals surface area contributed by atoms with E-state index in [4.69, 9.17) is 0 Å². The zero-order valence-corrected chi connectivity index (χ0v) is 16.5. The number of ketones is 1. The van der Waals surface area contributed by atoms with Crippen molar-refractivity contribution in [2.24, 2.45) is 5.92 Å². The number of nitrogens with zero attached hydrogens (tertiary/aromatic N) is 2. The number of carbonyl (C=O) groups is 2. The zero-order valence-electron chi connectivity index (χ0n) is 16.5. The molecule has 1 aromatic heterocycles. The minimum Gasteiger partial charge on any atom is -0.341 e. The highest BCUT2D eigenvalue weighted by molar-refractivity contribution is 6.08. The summed E-state index contributed by atoms with van der Waals surface area (Å²) in [6.07, 6.45) is 4.96. The van der Waals surface area contributed by atoms with Crippen molar-refractivity contribution in [2.45, 2.75) is 25.8 Å². The molecular weight excluding hydrogens is 360 g/mol. The first-order valence-electron chi connectivity index (χ1n) is 10.3. The van der Waals surface area contributed by atoms with Gasteiger partial charge in [0.2, 0.25) is 11.7 Å². The number of piperidine rings is 1. The molecule has 1 amide bonds. The number of benzene rings is 2. The van der Waals surface area contributed by atoms with E-state index >= 15 is 0 Å². The molecule has 4 rings (SSSR count). The minimum absolute atomic E-state index is 0.0510. The Morgan fingerprint density at radius 2 is 1.48 bits per heavy atom. The van der Waals surface area contributed by atoms with Crippen molar-refractivity contribution in [3.63, 3.8) is 0 Å². The van der Waals surface area contributed by atoms with Crippen LogP contribution in [0.2, 0.25) is 0 Å². The van der Waals surface area contributed by atoms with Gasteiger partial charge in [0.15, 0.2) is 0 Å². The number of likely N-dealkylation sites (tertiary alicyclic amines) is 1. The van der Waals surface area contributed by atoms with E-state index < -0.39 is 0 Å². The van der Waals surface area contributed by atoms with E-state index in [9.17, 15) is 9.59 Å². The van der Waals surface area contributed by atoms with E-state index in [1.165, 1.54) is 5.56 Å². The summed E-state index contributed by atoms with van der Waals surface area (Å²) in [6, 6.07) is 23.4. The fourth-order valence-electron chi connectivity index (χ4n) is 4.08. The predicted octanol–water partition coefficient (Wildman–Crippen LogP) is 4.20. The van der Waals surface area contributed by atoms with Crippen LogP contribution in [0.3, 0.4) is 0 Å². The molecule has 2 heterocycles. The third-order valence-electron chi connectivity index (χ3n) is 5.74. The lowest BCUT2D eigenvalue weighted by Gasteiger charge is -2.32. The molecule has 0 spiro atoms. The number of carbonyl (C=O) groups excluding carboxylic acids is 2. The lowest BCUT2D eigenvalue weighted by atomic mass is 9.90. The second-order valence-electron chi connectivity index (χ2n) is 7.73. The Labute approximate surface area is 171 Å². The van der Waals surface area contributed by atoms with Crippen molar-refractivity contribution in [3.05, 3.63) is 95.8 Å². The molecule has 0 aliphatic carbocycles. The van der Waals surface area contributed by atoms with Crippen molar-refractivity contribution in [1.29, 1.82) is 0 Å². The zero-order chi connectivity index (χ0) is 20.1. The summed E-state index contributed by atoms with van der Waals surface area (Å²) in [5, 5.41) is 0. The normalized spacial score (nSPS) is 14.7. The number of hydrogen-bond acceptors (Lipinski definition) is 2. The van der Waals surface area contributed by atoms with Gasteiger partial charge in [-0.25, -0.2) is 0 Å². The number of aromatic nitrogens is 1. The lowest BCUT2D eigenvalue weighted by Crippen LogP contribution is -2.40. The van der Waals surface area contributed by atoms with Gasteiger partial charge in [-0.1, -0.05) is 60.7 Å². The van der Waals surface area contributed by atoms with E-state index in [0.717, 1.165) is 32.4 Å². The molecule has 29 heavy (non-hydrogen) atoms. The molecule has 1 fully saturated rings. The van der Waals surface area contributed by atoms with Gasteiger partial charge in [0.1, 0.15) is 6.54 Å². The Bertz CT molecular complexity index is 955. The summed E-state index contributed by atoms with van der Waals surface area (Å²) >= 11 is 0. The first-order chi connectivity index (χ1) is 14.2. The summed E-state index contributed by atoms with van der Waals surface area (Å²) in [7, 11) is 0. The Hall–Kier alpha value is -3.14. The van der Waals surface area contributed by atoms with Crippen molar-refractivity contribution < 1.29 is 9.59 Å². The van der Waals surface area contributed by atoms with Crippen LogP contribution in [-0.2, 0) is 17.8 Å². The average Bonchev–Trinajstić information content (AvgIpc) is 3.23. The van der Waals surface area contributed by atoms with Crippen LogP contribution < -0.4 is 0 Å². The van der Waals surface area contributed by atoms with E-state index in [-0.39, 0.29) is 18.2 Å². The predicted molar refractivity (Wildman–Crippen MR) is 114 cm³/mol. The molecule has 148 valence electrons. The van der Waals surface area contributed by atoms with Crippen LogP contribution in [0.1, 0.15) is 34.5 Å². The van der Waals surface area contributed by atoms with Gasteiger partial charge in [-0.2, -0.15) is 0 Å². The molecule has 0 atom stereocenters. The Morgan fingerprint density at radius 1 is 0.828 bits per heavy atom. The van der Waals surface area contributed by atoms with E-state index in [0.29, 0.717) is 17.2 Å². The van der Waals surface area contributed by atoms with Crippen molar-refractivity contribution in [1.82, 2.24) is 9.47 Å². The van der Waals surface area contributed by atoms with Gasteiger partial charge in [-0.15, -0.1) is 0 Å². The van der Waals surface area contributed by atoms with Crippen LogP contribution in [-0.4, -0.2) is 34.2 Å². The summed E-state index contributed by atoms with van der Waals surface area (Å²) < 4.78 is 1.77. The molecule has 1 aliphatic heterocycles. The monoisotopic (exact) mass is 386 g/mol. The molecule has 0 bridgehead atoms. The maximum absolute atomic E-state index is 12.8. The molecule has 1 saturated heterocycles. The first kappa shape index (κ1) is 19.2. The Balaban J connectivity index is 1.34. The number of hydrogen-bond donors (Lipinski definition) is 0. The van der Waals surface area contributed by atoms with Crippen molar-refractivity contribution in [3.8, 4) is 0 Å². The fourth-order valence-corrected chi connectivity index (χ4v) is 4.08. The molecule has 1 aliphatic rings. The third-order valence-corrected chi connectivity index (χ3v) is 5.74. The molecule has 0 unspecified atom stereocenters. The quantitative estimate of drug-likeness (QED) is 0.596. The van der Waals surface area contributed by atoms with E-state index in [2.05, 4.69) is 24.3 Å². The Morgan fingerprint density at radius 3 is 2.17 bits per heavy atom. The maximum Gasteiger partial charge on any atom is 0.242 e. The number of amides is 1. The highest BCUT2D eigenvalue weighted by Crippen LogP contribution is 2.22. The van der Waals surface area contributed by atoms with Gasteiger partial charge in [0.25, 0.3) is 0 Å². The maximum atomic E-state index is 12.8. The molecule has 0 N–H and O–H groups in total. The van der Waals surface area contributed by atoms with Gasteiger partial charge < -0.3 is 9.47 Å². The SMILES string of the molecule is O=C(c1ccccc1)c1cccn1CC(=O)N1CCC(Cc2ccccc2)CC1. The number of rotatable bonds is 6. The van der Waals surface area contributed by atoms with E-state index in [1.807, 2.05) is 41.4 Å². The first-order valence-corrected chi connectivity index (χ1v) is 10.3. The molecule has 2 aromatic carbocycles. The molecule has 0 radical (unpaired) electrons. The van der Waals surface area contributed by atoms with Crippen molar-refractivity contribution in [2.75, 3.05) is 13.1 Å². The van der Waals surface area contributed by atoms with Gasteiger partial charge in [0, 0.05) is 24.8 Å². The van der Waals surface area contributed by atoms with Crippen LogP contribution in [0.4, 0.5) is 0 Å². The highest BCUT2D eigenvalue weighted by atomic mass is 16.2. The molecule has 3 aromatic rings. The van der Waals surface area contributed by atoms with Gasteiger partial charge in [-0.05, 0) is 42.9 Å². The Kier molecular flexibility index (Phi) is 5.89. The summed E-state index contributed by atoms with van der Waals surface area (Å²) in [5.74, 6) is 0.662. The lowest BCUT2D eigenvalue weighted by molar-refractivity contribution is -0.133. The highest BCUT2D eigenvalue weighted by Gasteiger charge is 2.24. The van der Waals surface area contributed by atoms with Crippen LogP contribution >= 0.6 is 0 Å². The molecule has 4 nitrogen and oxygen atoms in total. The summed E-state index contributed by atoms with van der Waals surface area (Å²) in [4.78, 5) is 27.5. The molecular formula is C25H26N2O2. The van der Waals surface area contributed by atoms with E-state index in [1.54, 1.807) is 22.8 Å². The third kappa shape index (κ3) is 4.65. The topological polar surface area (TPSA) is 42.3 Å². The summed E-state index contributed by atoms with van der Waals surface area (Å²) in [6.45, 7) is 1.80. The minimum atomic E-state index is -0.0510. The second-order valence-corrected chi connectivity index (χ2v) is 7.73. The van der Waals surface area contributed by atoms with Gasteiger partial charge in [0.05, 0.1) is 5.69 Å². The van der Waals surface area contributed by atoms with Crippen LogP contribution in [0.15, 0.2) is 79.0 Å². The summed E-state index contributed by atoms with van der Waals surface area (Å²) in [5.41, 5.74) is 2.57. The average molecular weight is 386 g/mol. The van der Waals surface area contributed by atoms with Crippen LogP contribution in [0.25, 0.3) is 0 Å². The van der Waals surface area contributed by atoms with Crippen LogP contribution in [0.5, 0.6) is 0 Å².